The predicted octanol–water partition coefficient (Wildman–Crippen LogP) is 5.69. The summed E-state index contributed by atoms with van der Waals surface area (Å²) >= 11 is 0. The Morgan fingerprint density at radius 1 is 1.12 bits per heavy atom. The molecule has 4 nitrogen and oxygen atoms in total. The third-order valence-corrected chi connectivity index (χ3v) is 9.99. The van der Waals surface area contributed by atoms with Crippen molar-refractivity contribution >= 4 is 11.7 Å². The topological polar surface area (TPSA) is 46.6 Å². The Morgan fingerprint density at radius 3 is 2.58 bits per heavy atom. The van der Waals surface area contributed by atoms with Crippen LogP contribution in [0.3, 0.4) is 0 Å². The molecule has 176 valence electrons. The van der Waals surface area contributed by atoms with Crippen molar-refractivity contribution in [3.05, 3.63) is 54.6 Å². The standard InChI is InChI=1S/C29H37NO3/c1-5-18-30-25-13-10-21-22-11-12-24(27(32)19-6-8-20(33-4)9-7-19)28(22,2)16-14-23(21)29(25,3)17-15-26(30)31/h5-9,15,17,21-25H,1,10-14,16,18H2,2-4H3/t21-,22-,23+,24?,25?,28-,29+/m0/s1. The summed E-state index contributed by atoms with van der Waals surface area (Å²) in [7, 11) is 1.65. The van der Waals surface area contributed by atoms with Crippen LogP contribution in [0, 0.1) is 34.5 Å². The normalized spacial score (nSPS) is 39.4. The van der Waals surface area contributed by atoms with Crippen molar-refractivity contribution in [1.82, 2.24) is 4.90 Å². The van der Waals surface area contributed by atoms with Crippen LogP contribution in [0.2, 0.25) is 0 Å². The van der Waals surface area contributed by atoms with Crippen LogP contribution in [-0.2, 0) is 4.79 Å². The van der Waals surface area contributed by atoms with Gasteiger partial charge in [-0.05, 0) is 92.0 Å². The Balaban J connectivity index is 1.40. The van der Waals surface area contributed by atoms with E-state index in [9.17, 15) is 9.59 Å². The number of hydrogen-bond donors (Lipinski definition) is 0. The van der Waals surface area contributed by atoms with Crippen LogP contribution in [0.25, 0.3) is 0 Å². The lowest BCUT2D eigenvalue weighted by Gasteiger charge is -2.60. The molecule has 0 radical (unpaired) electrons. The van der Waals surface area contributed by atoms with E-state index in [2.05, 4.69) is 26.5 Å². The first-order chi connectivity index (χ1) is 15.8. The zero-order valence-electron chi connectivity index (χ0n) is 20.3. The van der Waals surface area contributed by atoms with Crippen LogP contribution in [0.4, 0.5) is 0 Å². The van der Waals surface area contributed by atoms with Gasteiger partial charge in [-0.25, -0.2) is 0 Å². The lowest BCUT2D eigenvalue weighted by molar-refractivity contribution is -0.140. The average molecular weight is 448 g/mol. The van der Waals surface area contributed by atoms with E-state index in [1.807, 2.05) is 35.2 Å². The second-order valence-electron chi connectivity index (χ2n) is 11.2. The summed E-state index contributed by atoms with van der Waals surface area (Å²) in [5.74, 6) is 3.10. The number of amides is 1. The van der Waals surface area contributed by atoms with Gasteiger partial charge in [0.2, 0.25) is 5.91 Å². The molecule has 0 N–H and O–H groups in total. The van der Waals surface area contributed by atoms with Gasteiger partial charge in [0.05, 0.1) is 7.11 Å². The molecule has 4 aliphatic rings. The zero-order chi connectivity index (χ0) is 23.4. The van der Waals surface area contributed by atoms with Crippen molar-refractivity contribution in [2.24, 2.45) is 34.5 Å². The smallest absolute Gasteiger partial charge is 0.246 e. The molecule has 0 bridgehead atoms. The van der Waals surface area contributed by atoms with Crippen molar-refractivity contribution in [1.29, 1.82) is 0 Å². The molecule has 3 aliphatic carbocycles. The number of ketones is 1. The molecule has 0 spiro atoms. The van der Waals surface area contributed by atoms with Crippen molar-refractivity contribution in [3.8, 4) is 5.75 Å². The lowest BCUT2D eigenvalue weighted by atomic mass is 9.47. The molecule has 2 unspecified atom stereocenters. The van der Waals surface area contributed by atoms with E-state index >= 15 is 0 Å². The third-order valence-electron chi connectivity index (χ3n) is 9.99. The molecule has 5 rings (SSSR count). The Hall–Kier alpha value is -2.36. The molecule has 1 amide bonds. The van der Waals surface area contributed by atoms with Gasteiger partial charge in [0.1, 0.15) is 5.75 Å². The average Bonchev–Trinajstić information content (AvgIpc) is 3.18. The molecular weight excluding hydrogens is 410 g/mol. The number of hydrogen-bond acceptors (Lipinski definition) is 3. The highest BCUT2D eigenvalue weighted by Gasteiger charge is 2.61. The van der Waals surface area contributed by atoms with E-state index in [0.29, 0.717) is 30.1 Å². The predicted molar refractivity (Wildman–Crippen MR) is 130 cm³/mol. The van der Waals surface area contributed by atoms with Crippen LogP contribution in [-0.4, -0.2) is 36.3 Å². The first kappa shape index (κ1) is 22.4. The first-order valence-corrected chi connectivity index (χ1v) is 12.6. The van der Waals surface area contributed by atoms with Crippen LogP contribution >= 0.6 is 0 Å². The molecule has 7 atom stereocenters. The highest BCUT2D eigenvalue weighted by molar-refractivity contribution is 5.98. The van der Waals surface area contributed by atoms with Crippen LogP contribution in [0.1, 0.15) is 62.7 Å². The van der Waals surface area contributed by atoms with E-state index in [0.717, 1.165) is 49.8 Å². The van der Waals surface area contributed by atoms with Gasteiger partial charge >= 0.3 is 0 Å². The molecule has 1 heterocycles. The van der Waals surface area contributed by atoms with Crippen molar-refractivity contribution < 1.29 is 14.3 Å². The quantitative estimate of drug-likeness (QED) is 0.430. The fourth-order valence-electron chi connectivity index (χ4n) is 8.34. The Bertz CT molecular complexity index is 981. The number of ether oxygens (including phenoxy) is 1. The van der Waals surface area contributed by atoms with Gasteiger partial charge in [-0.1, -0.05) is 26.0 Å². The van der Waals surface area contributed by atoms with E-state index in [4.69, 9.17) is 4.74 Å². The van der Waals surface area contributed by atoms with Gasteiger partial charge in [-0.2, -0.15) is 0 Å². The monoisotopic (exact) mass is 447 g/mol. The third kappa shape index (κ3) is 3.32. The second kappa shape index (κ2) is 8.14. The van der Waals surface area contributed by atoms with Crippen molar-refractivity contribution in [2.75, 3.05) is 13.7 Å². The molecule has 33 heavy (non-hydrogen) atoms. The summed E-state index contributed by atoms with van der Waals surface area (Å²) in [6.45, 7) is 9.29. The highest BCUT2D eigenvalue weighted by Crippen LogP contribution is 2.65. The summed E-state index contributed by atoms with van der Waals surface area (Å²) in [4.78, 5) is 28.3. The summed E-state index contributed by atoms with van der Waals surface area (Å²) < 4.78 is 5.27. The molecule has 3 saturated carbocycles. The number of benzene rings is 1. The van der Waals surface area contributed by atoms with E-state index in [1.165, 1.54) is 0 Å². The van der Waals surface area contributed by atoms with Gasteiger partial charge in [0, 0.05) is 29.5 Å². The molecule has 0 saturated heterocycles. The Morgan fingerprint density at radius 2 is 1.88 bits per heavy atom. The summed E-state index contributed by atoms with van der Waals surface area (Å²) in [5.41, 5.74) is 0.893. The lowest BCUT2D eigenvalue weighted by Crippen LogP contribution is -2.60. The minimum atomic E-state index is 0.0131. The number of fused-ring (bicyclic) bond motifs is 5. The second-order valence-corrected chi connectivity index (χ2v) is 11.2. The summed E-state index contributed by atoms with van der Waals surface area (Å²) in [6.07, 6.45) is 12.5. The van der Waals surface area contributed by atoms with E-state index in [-0.39, 0.29) is 28.7 Å². The fourth-order valence-corrected chi connectivity index (χ4v) is 8.34. The van der Waals surface area contributed by atoms with Crippen LogP contribution < -0.4 is 4.74 Å². The maximum atomic E-state index is 13.6. The molecule has 1 aromatic carbocycles. The van der Waals surface area contributed by atoms with Gasteiger partial charge in [0.25, 0.3) is 0 Å². The number of Topliss-reactive ketones (excluding diaryl/α,β-unsaturated/α-hetero) is 1. The Labute approximate surface area is 198 Å². The number of rotatable bonds is 5. The van der Waals surface area contributed by atoms with Crippen LogP contribution in [0.5, 0.6) is 5.75 Å². The largest absolute Gasteiger partial charge is 0.497 e. The molecule has 1 aliphatic heterocycles. The maximum absolute atomic E-state index is 13.6. The van der Waals surface area contributed by atoms with E-state index in [1.54, 1.807) is 13.2 Å². The summed E-state index contributed by atoms with van der Waals surface area (Å²) in [5, 5.41) is 0. The van der Waals surface area contributed by atoms with Crippen molar-refractivity contribution in [2.45, 2.75) is 58.4 Å². The molecule has 3 fully saturated rings. The number of carbonyl (C=O) groups excluding carboxylic acids is 2. The number of carbonyl (C=O) groups is 2. The molecule has 4 heteroatoms. The highest BCUT2D eigenvalue weighted by atomic mass is 16.5. The number of methoxy groups -OCH3 is 1. The minimum absolute atomic E-state index is 0.0131. The maximum Gasteiger partial charge on any atom is 0.246 e. The SMILES string of the molecule is C=CCN1C(=O)C=C[C@@]2(C)C1CC[C@@H]1[C@H]2CC[C@]2(C)C(C(=O)c3ccc(OC)cc3)CC[C@@H]12. The summed E-state index contributed by atoms with van der Waals surface area (Å²) in [6, 6.07) is 7.90. The molecule has 0 aromatic heterocycles. The zero-order valence-corrected chi connectivity index (χ0v) is 20.3. The minimum Gasteiger partial charge on any atom is -0.497 e. The number of nitrogens with zero attached hydrogens (tertiary/aromatic N) is 1. The Kier molecular flexibility index (Phi) is 5.54. The van der Waals surface area contributed by atoms with Crippen molar-refractivity contribution in [3.63, 3.8) is 0 Å². The van der Waals surface area contributed by atoms with E-state index < -0.39 is 0 Å². The fraction of sp³-hybridized carbons (Fsp3) is 0.586. The first-order valence-electron chi connectivity index (χ1n) is 12.6. The van der Waals surface area contributed by atoms with Gasteiger partial charge in [-0.15, -0.1) is 6.58 Å². The molecule has 1 aromatic rings. The van der Waals surface area contributed by atoms with Gasteiger partial charge in [0.15, 0.2) is 5.78 Å². The molecular formula is C29H37NO3. The van der Waals surface area contributed by atoms with Crippen LogP contribution in [0.15, 0.2) is 49.1 Å². The van der Waals surface area contributed by atoms with Gasteiger partial charge < -0.3 is 9.64 Å². The van der Waals surface area contributed by atoms with Gasteiger partial charge in [-0.3, -0.25) is 9.59 Å².